The lowest BCUT2D eigenvalue weighted by Crippen LogP contribution is -2.47. The summed E-state index contributed by atoms with van der Waals surface area (Å²) in [6.07, 6.45) is 3.23. The van der Waals surface area contributed by atoms with Gasteiger partial charge in [-0.05, 0) is 50.0 Å². The summed E-state index contributed by atoms with van der Waals surface area (Å²) in [6, 6.07) is 5.89. The van der Waals surface area contributed by atoms with Crippen LogP contribution < -0.4 is 20.1 Å². The molecule has 25 heavy (non-hydrogen) atoms. The third kappa shape index (κ3) is 4.86. The Bertz CT molecular complexity index is 579. The molecule has 2 aliphatic heterocycles. The Balaban J connectivity index is 1.47. The Kier molecular flexibility index (Phi) is 6.15. The highest BCUT2D eigenvalue weighted by atomic mass is 16.6. The van der Waals surface area contributed by atoms with E-state index >= 15 is 0 Å². The number of amides is 1. The Hall–Kier alpha value is -1.79. The molecule has 0 spiro atoms. The van der Waals surface area contributed by atoms with Gasteiger partial charge in [-0.3, -0.25) is 4.79 Å². The maximum Gasteiger partial charge on any atom is 0.220 e. The molecule has 0 bridgehead atoms. The molecule has 2 aliphatic rings. The van der Waals surface area contributed by atoms with E-state index in [4.69, 9.17) is 14.2 Å². The van der Waals surface area contributed by atoms with Crippen molar-refractivity contribution < 1.29 is 19.0 Å². The van der Waals surface area contributed by atoms with Crippen molar-refractivity contribution >= 4 is 5.91 Å². The zero-order valence-electron chi connectivity index (χ0n) is 14.9. The van der Waals surface area contributed by atoms with Gasteiger partial charge in [0.1, 0.15) is 13.2 Å². The minimum Gasteiger partial charge on any atom is -0.486 e. The average molecular weight is 348 g/mol. The maximum atomic E-state index is 12.3. The molecule has 1 aromatic rings. The van der Waals surface area contributed by atoms with Gasteiger partial charge in [0, 0.05) is 25.5 Å². The molecule has 1 fully saturated rings. The van der Waals surface area contributed by atoms with Gasteiger partial charge in [0.2, 0.25) is 5.91 Å². The highest BCUT2D eigenvalue weighted by molar-refractivity contribution is 5.76. The van der Waals surface area contributed by atoms with E-state index in [1.165, 1.54) is 0 Å². The number of carbonyl (C=O) groups is 1. The summed E-state index contributed by atoms with van der Waals surface area (Å²) in [5.41, 5.74) is 1.15. The largest absolute Gasteiger partial charge is 0.486 e. The van der Waals surface area contributed by atoms with Crippen molar-refractivity contribution in [2.24, 2.45) is 5.41 Å². The molecule has 2 heterocycles. The van der Waals surface area contributed by atoms with Crippen molar-refractivity contribution in [2.45, 2.75) is 25.7 Å². The molecule has 1 saturated heterocycles. The number of methoxy groups -OCH3 is 1. The first kappa shape index (κ1) is 18.0. The normalized spacial score (nSPS) is 18.6. The molecule has 0 unspecified atom stereocenters. The van der Waals surface area contributed by atoms with Gasteiger partial charge in [0.15, 0.2) is 11.5 Å². The summed E-state index contributed by atoms with van der Waals surface area (Å²) < 4.78 is 16.5. The van der Waals surface area contributed by atoms with E-state index in [2.05, 4.69) is 10.6 Å². The molecule has 0 radical (unpaired) electrons. The number of nitrogens with one attached hydrogen (secondary N) is 2. The van der Waals surface area contributed by atoms with Crippen LogP contribution in [0.4, 0.5) is 0 Å². The topological polar surface area (TPSA) is 68.8 Å². The first-order valence-corrected chi connectivity index (χ1v) is 9.06. The van der Waals surface area contributed by atoms with Crippen LogP contribution in [0, 0.1) is 5.41 Å². The second kappa shape index (κ2) is 8.54. The van der Waals surface area contributed by atoms with E-state index < -0.39 is 0 Å². The molecule has 2 N–H and O–H groups in total. The van der Waals surface area contributed by atoms with Crippen LogP contribution in [0.25, 0.3) is 0 Å². The smallest absolute Gasteiger partial charge is 0.220 e. The number of ether oxygens (including phenoxy) is 3. The van der Waals surface area contributed by atoms with Gasteiger partial charge in [0.05, 0.1) is 6.61 Å². The van der Waals surface area contributed by atoms with Crippen molar-refractivity contribution in [3.8, 4) is 11.5 Å². The lowest BCUT2D eigenvalue weighted by molar-refractivity contribution is -0.122. The molecule has 1 aromatic carbocycles. The maximum absolute atomic E-state index is 12.3. The summed E-state index contributed by atoms with van der Waals surface area (Å²) in [4.78, 5) is 12.3. The Morgan fingerprint density at radius 3 is 2.76 bits per heavy atom. The van der Waals surface area contributed by atoms with E-state index in [9.17, 15) is 4.79 Å². The molecule has 3 rings (SSSR count). The summed E-state index contributed by atoms with van der Waals surface area (Å²) >= 11 is 0. The third-order valence-electron chi connectivity index (χ3n) is 5.02. The number of hydrogen-bond acceptors (Lipinski definition) is 5. The first-order chi connectivity index (χ1) is 12.2. The van der Waals surface area contributed by atoms with Gasteiger partial charge < -0.3 is 24.8 Å². The standard InChI is InChI=1S/C19H28N2O4/c1-23-14-19(6-8-20-9-7-19)13-21-18(22)5-3-15-2-4-16-17(12-15)25-11-10-24-16/h2,4,12,20H,3,5-11,13-14H2,1H3,(H,21,22). The van der Waals surface area contributed by atoms with Gasteiger partial charge in [-0.2, -0.15) is 0 Å². The van der Waals surface area contributed by atoms with Crippen LogP contribution in [0.3, 0.4) is 0 Å². The Labute approximate surface area is 149 Å². The summed E-state index contributed by atoms with van der Waals surface area (Å²) in [5.74, 6) is 1.65. The molecule has 1 amide bonds. The molecular weight excluding hydrogens is 320 g/mol. The van der Waals surface area contributed by atoms with E-state index in [-0.39, 0.29) is 11.3 Å². The van der Waals surface area contributed by atoms with Crippen LogP contribution in [0.2, 0.25) is 0 Å². The van der Waals surface area contributed by atoms with Gasteiger partial charge in [-0.15, -0.1) is 0 Å². The average Bonchev–Trinajstić information content (AvgIpc) is 2.65. The van der Waals surface area contributed by atoms with Crippen molar-refractivity contribution in [1.29, 1.82) is 0 Å². The number of rotatable bonds is 7. The number of benzene rings is 1. The highest BCUT2D eigenvalue weighted by Gasteiger charge is 2.32. The fourth-order valence-electron chi connectivity index (χ4n) is 3.51. The van der Waals surface area contributed by atoms with E-state index in [1.54, 1.807) is 7.11 Å². The highest BCUT2D eigenvalue weighted by Crippen LogP contribution is 2.31. The summed E-state index contributed by atoms with van der Waals surface area (Å²) in [6.45, 7) is 4.51. The van der Waals surface area contributed by atoms with Crippen LogP contribution in [-0.2, 0) is 16.0 Å². The SMILES string of the molecule is COCC1(CNC(=O)CCc2ccc3c(c2)OCCO3)CCNCC1. The predicted molar refractivity (Wildman–Crippen MR) is 95.2 cm³/mol. The summed E-state index contributed by atoms with van der Waals surface area (Å²) in [5, 5.41) is 6.47. The van der Waals surface area contributed by atoms with Crippen LogP contribution in [0.5, 0.6) is 11.5 Å². The molecular formula is C19H28N2O4. The van der Waals surface area contributed by atoms with Crippen LogP contribution >= 0.6 is 0 Å². The number of aryl methyl sites for hydroxylation is 1. The fraction of sp³-hybridized carbons (Fsp3) is 0.632. The van der Waals surface area contributed by atoms with Gasteiger partial charge in [-0.25, -0.2) is 0 Å². The molecule has 0 atom stereocenters. The molecule has 6 nitrogen and oxygen atoms in total. The number of fused-ring (bicyclic) bond motifs is 1. The van der Waals surface area contributed by atoms with Gasteiger partial charge >= 0.3 is 0 Å². The molecule has 138 valence electrons. The minimum atomic E-state index is 0.0622. The third-order valence-corrected chi connectivity index (χ3v) is 5.02. The molecule has 0 saturated carbocycles. The quantitative estimate of drug-likeness (QED) is 0.782. The fourth-order valence-corrected chi connectivity index (χ4v) is 3.51. The van der Waals surface area contributed by atoms with Crippen LogP contribution in [-0.4, -0.2) is 52.5 Å². The molecule has 6 heteroatoms. The number of piperidine rings is 1. The monoisotopic (exact) mass is 348 g/mol. The van der Waals surface area contributed by atoms with E-state index in [0.29, 0.717) is 39.2 Å². The second-order valence-corrected chi connectivity index (χ2v) is 6.94. The molecule has 0 aliphatic carbocycles. The second-order valence-electron chi connectivity index (χ2n) is 6.94. The van der Waals surface area contributed by atoms with Crippen molar-refractivity contribution in [3.05, 3.63) is 23.8 Å². The van der Waals surface area contributed by atoms with Crippen molar-refractivity contribution in [2.75, 3.05) is 46.6 Å². The van der Waals surface area contributed by atoms with Gasteiger partial charge in [0.25, 0.3) is 0 Å². The van der Waals surface area contributed by atoms with Crippen molar-refractivity contribution in [1.82, 2.24) is 10.6 Å². The molecule has 0 aromatic heterocycles. The number of carbonyl (C=O) groups excluding carboxylic acids is 1. The lowest BCUT2D eigenvalue weighted by atomic mass is 9.79. The Morgan fingerprint density at radius 2 is 2.00 bits per heavy atom. The summed E-state index contributed by atoms with van der Waals surface area (Å²) in [7, 11) is 1.73. The van der Waals surface area contributed by atoms with E-state index in [0.717, 1.165) is 43.0 Å². The zero-order valence-corrected chi connectivity index (χ0v) is 14.9. The minimum absolute atomic E-state index is 0.0622. The first-order valence-electron chi connectivity index (χ1n) is 9.06. The number of hydrogen-bond donors (Lipinski definition) is 2. The van der Waals surface area contributed by atoms with E-state index in [1.807, 2.05) is 18.2 Å². The predicted octanol–water partition coefficient (Wildman–Crippen LogP) is 1.52. The van der Waals surface area contributed by atoms with Crippen molar-refractivity contribution in [3.63, 3.8) is 0 Å². The lowest BCUT2D eigenvalue weighted by Gasteiger charge is -2.37. The zero-order chi connectivity index (χ0) is 17.5. The van der Waals surface area contributed by atoms with Gasteiger partial charge in [-0.1, -0.05) is 6.07 Å². The Morgan fingerprint density at radius 1 is 1.24 bits per heavy atom. The van der Waals surface area contributed by atoms with Crippen LogP contribution in [0.1, 0.15) is 24.8 Å². The van der Waals surface area contributed by atoms with Crippen LogP contribution in [0.15, 0.2) is 18.2 Å².